The summed E-state index contributed by atoms with van der Waals surface area (Å²) in [7, 11) is 2.27. The molecule has 0 heterocycles. The molecule has 7 heteroatoms. The monoisotopic (exact) mass is 522 g/mol. The van der Waals surface area contributed by atoms with E-state index in [-0.39, 0.29) is 16.9 Å². The van der Waals surface area contributed by atoms with Crippen LogP contribution in [0.5, 0.6) is 0 Å². The first-order valence-electron chi connectivity index (χ1n) is 13.9. The van der Waals surface area contributed by atoms with Gasteiger partial charge in [-0.25, -0.2) is 0 Å². The molecule has 0 N–H and O–H groups in total. The number of rotatable bonds is 14. The van der Waals surface area contributed by atoms with E-state index in [4.69, 9.17) is 28.4 Å². The SMILES string of the molecule is C=C1C[C@@]23CC[C@@H]1C=C2[C@@H](COCOC)[C@H]1[C@@H]3[C@H](OCOCC[Si](C)(C)C)CC[C@@]1(C)COCOC. The molecule has 0 aromatic heterocycles. The second-order valence-corrected chi connectivity index (χ2v) is 18.8. The molecule has 2 bridgehead atoms. The number of methoxy groups -OCH3 is 2. The van der Waals surface area contributed by atoms with Crippen molar-refractivity contribution in [2.75, 3.05) is 54.4 Å². The van der Waals surface area contributed by atoms with Crippen LogP contribution in [0, 0.1) is 34.5 Å². The van der Waals surface area contributed by atoms with Crippen molar-refractivity contribution >= 4 is 8.07 Å². The van der Waals surface area contributed by atoms with Gasteiger partial charge in [-0.1, -0.05) is 50.4 Å². The van der Waals surface area contributed by atoms with E-state index in [1.165, 1.54) is 24.5 Å². The van der Waals surface area contributed by atoms with Crippen LogP contribution in [0.2, 0.25) is 25.7 Å². The van der Waals surface area contributed by atoms with Gasteiger partial charge in [0.2, 0.25) is 0 Å². The Balaban J connectivity index is 1.61. The lowest BCUT2D eigenvalue weighted by atomic mass is 9.52. The summed E-state index contributed by atoms with van der Waals surface area (Å²) in [5.41, 5.74) is 3.14. The van der Waals surface area contributed by atoms with Gasteiger partial charge in [-0.2, -0.15) is 0 Å². The average molecular weight is 523 g/mol. The molecule has 3 saturated carbocycles. The van der Waals surface area contributed by atoms with Crippen molar-refractivity contribution in [2.24, 2.45) is 34.5 Å². The average Bonchev–Trinajstić information content (AvgIpc) is 3.11. The Morgan fingerprint density at radius 3 is 2.42 bits per heavy atom. The number of allylic oxidation sites excluding steroid dienone is 2. The number of ether oxygens (including phenoxy) is 6. The van der Waals surface area contributed by atoms with Gasteiger partial charge in [0, 0.05) is 40.2 Å². The van der Waals surface area contributed by atoms with Gasteiger partial charge in [-0.15, -0.1) is 0 Å². The van der Waals surface area contributed by atoms with E-state index in [1.54, 1.807) is 19.8 Å². The molecule has 0 aromatic carbocycles. The molecule has 5 aliphatic carbocycles. The summed E-state index contributed by atoms with van der Waals surface area (Å²) >= 11 is 0. The molecule has 0 unspecified atom stereocenters. The van der Waals surface area contributed by atoms with Crippen LogP contribution in [0.25, 0.3) is 0 Å². The van der Waals surface area contributed by atoms with Crippen molar-refractivity contribution in [3.63, 3.8) is 0 Å². The van der Waals surface area contributed by atoms with Crippen LogP contribution in [-0.2, 0) is 28.4 Å². The minimum atomic E-state index is -1.12. The fourth-order valence-electron chi connectivity index (χ4n) is 7.89. The molecular weight excluding hydrogens is 472 g/mol. The third-order valence-electron chi connectivity index (χ3n) is 9.48. The summed E-state index contributed by atoms with van der Waals surface area (Å²) in [4.78, 5) is 0. The van der Waals surface area contributed by atoms with Crippen molar-refractivity contribution < 1.29 is 28.4 Å². The van der Waals surface area contributed by atoms with Crippen LogP contribution in [0.15, 0.2) is 23.8 Å². The van der Waals surface area contributed by atoms with Crippen LogP contribution in [-0.4, -0.2) is 68.6 Å². The standard InChI is InChI=1S/C29H50O6Si/c1-21-15-29-11-8-22(21)14-24(29)23(16-33-18-30-3)26-27(29)25(35-20-32-12-13-36(5,6)7)9-10-28(26,2)17-34-19-31-4/h14,22-23,25-27H,1,8-13,15-20H2,2-7H3/t22-,23-,25-,26+,27+,28+,29+/m1/s1. The molecule has 0 aliphatic heterocycles. The second-order valence-electron chi connectivity index (χ2n) is 13.2. The first-order chi connectivity index (χ1) is 17.1. The molecular formula is C29H50O6Si. The first-order valence-corrected chi connectivity index (χ1v) is 17.6. The Labute approximate surface area is 220 Å². The topological polar surface area (TPSA) is 55.4 Å². The van der Waals surface area contributed by atoms with Crippen LogP contribution < -0.4 is 0 Å². The van der Waals surface area contributed by atoms with E-state index in [0.717, 1.165) is 25.9 Å². The Kier molecular flexibility index (Phi) is 9.24. The van der Waals surface area contributed by atoms with Gasteiger partial charge < -0.3 is 28.4 Å². The molecule has 6 nitrogen and oxygen atoms in total. The van der Waals surface area contributed by atoms with Gasteiger partial charge in [0.1, 0.15) is 20.4 Å². The van der Waals surface area contributed by atoms with E-state index >= 15 is 0 Å². The fourth-order valence-corrected chi connectivity index (χ4v) is 8.65. The van der Waals surface area contributed by atoms with Gasteiger partial charge in [0.25, 0.3) is 0 Å². The molecule has 0 radical (unpaired) electrons. The molecule has 0 amide bonds. The Morgan fingerprint density at radius 2 is 1.72 bits per heavy atom. The third kappa shape index (κ3) is 5.73. The van der Waals surface area contributed by atoms with Crippen molar-refractivity contribution in [3.05, 3.63) is 23.8 Å². The zero-order valence-electron chi connectivity index (χ0n) is 23.6. The second kappa shape index (κ2) is 11.7. The van der Waals surface area contributed by atoms with E-state index in [2.05, 4.69) is 39.2 Å². The number of fused-ring (bicyclic) bond motifs is 3. The summed E-state index contributed by atoms with van der Waals surface area (Å²) in [6.45, 7) is 17.3. The molecule has 206 valence electrons. The summed E-state index contributed by atoms with van der Waals surface area (Å²) < 4.78 is 35.3. The van der Waals surface area contributed by atoms with Crippen LogP contribution in [0.4, 0.5) is 0 Å². The summed E-state index contributed by atoms with van der Waals surface area (Å²) in [5.74, 6) is 1.66. The van der Waals surface area contributed by atoms with E-state index in [1.807, 2.05) is 0 Å². The molecule has 7 atom stereocenters. The lowest BCUT2D eigenvalue weighted by Crippen LogP contribution is -2.52. The predicted molar refractivity (Wildman–Crippen MR) is 144 cm³/mol. The van der Waals surface area contributed by atoms with E-state index < -0.39 is 8.07 Å². The molecule has 3 fully saturated rings. The van der Waals surface area contributed by atoms with Crippen molar-refractivity contribution in [3.8, 4) is 0 Å². The molecule has 5 rings (SSSR count). The minimum Gasteiger partial charge on any atom is -0.359 e. The quantitative estimate of drug-likeness (QED) is 0.123. The van der Waals surface area contributed by atoms with Crippen LogP contribution in [0.3, 0.4) is 0 Å². The fraction of sp³-hybridized carbons (Fsp3) is 0.862. The third-order valence-corrected chi connectivity index (χ3v) is 11.2. The van der Waals surface area contributed by atoms with Crippen molar-refractivity contribution in [1.29, 1.82) is 0 Å². The molecule has 0 saturated heterocycles. The largest absolute Gasteiger partial charge is 0.359 e. The van der Waals surface area contributed by atoms with E-state index in [0.29, 0.717) is 57.3 Å². The Hall–Kier alpha value is -0.543. The van der Waals surface area contributed by atoms with Crippen molar-refractivity contribution in [1.82, 2.24) is 0 Å². The maximum atomic E-state index is 6.64. The Morgan fingerprint density at radius 1 is 0.972 bits per heavy atom. The molecule has 1 spiro atoms. The van der Waals surface area contributed by atoms with E-state index in [9.17, 15) is 0 Å². The highest BCUT2D eigenvalue weighted by molar-refractivity contribution is 6.76. The zero-order valence-corrected chi connectivity index (χ0v) is 24.6. The highest BCUT2D eigenvalue weighted by Crippen LogP contribution is 2.71. The van der Waals surface area contributed by atoms with Gasteiger partial charge in [0.15, 0.2) is 0 Å². The Bertz CT molecular complexity index is 793. The predicted octanol–water partition coefficient (Wildman–Crippen LogP) is 5.87. The van der Waals surface area contributed by atoms with Crippen molar-refractivity contribution in [2.45, 2.75) is 70.8 Å². The summed E-state index contributed by atoms with van der Waals surface area (Å²) in [6, 6.07) is 1.17. The highest BCUT2D eigenvalue weighted by atomic mass is 28.3. The van der Waals surface area contributed by atoms with Gasteiger partial charge in [-0.05, 0) is 61.3 Å². The van der Waals surface area contributed by atoms with Crippen LogP contribution >= 0.6 is 0 Å². The van der Waals surface area contributed by atoms with Gasteiger partial charge in [0.05, 0.1) is 19.3 Å². The zero-order chi connectivity index (χ0) is 26.0. The normalized spacial score (nSPS) is 37.7. The minimum absolute atomic E-state index is 0.0230. The maximum Gasteiger partial charge on any atom is 0.147 e. The summed E-state index contributed by atoms with van der Waals surface area (Å²) in [6.07, 6.45) is 8.33. The number of hydrogen-bond donors (Lipinski definition) is 0. The molecule has 5 aliphatic rings. The van der Waals surface area contributed by atoms with Gasteiger partial charge >= 0.3 is 0 Å². The molecule has 36 heavy (non-hydrogen) atoms. The lowest BCUT2D eigenvalue weighted by Gasteiger charge is -2.54. The lowest BCUT2D eigenvalue weighted by molar-refractivity contribution is -0.178. The van der Waals surface area contributed by atoms with Crippen LogP contribution in [0.1, 0.15) is 39.0 Å². The van der Waals surface area contributed by atoms with Gasteiger partial charge in [-0.3, -0.25) is 0 Å². The number of hydrogen-bond acceptors (Lipinski definition) is 6. The smallest absolute Gasteiger partial charge is 0.147 e. The molecule has 0 aromatic rings. The summed E-state index contributed by atoms with van der Waals surface area (Å²) in [5, 5.41) is 0. The highest BCUT2D eigenvalue weighted by Gasteiger charge is 2.67. The maximum absolute atomic E-state index is 6.64. The first kappa shape index (κ1) is 28.5.